The second-order valence-electron chi connectivity index (χ2n) is 1.83. The lowest BCUT2D eigenvalue weighted by Crippen LogP contribution is -1.83. The summed E-state index contributed by atoms with van der Waals surface area (Å²) in [5.74, 6) is -0.379. The lowest BCUT2D eigenvalue weighted by Gasteiger charge is -1.98. The van der Waals surface area contributed by atoms with Crippen molar-refractivity contribution < 1.29 is 4.39 Å². The van der Waals surface area contributed by atoms with Gasteiger partial charge >= 0.3 is 0 Å². The van der Waals surface area contributed by atoms with Gasteiger partial charge in [0.05, 0.1) is 14.5 Å². The van der Waals surface area contributed by atoms with Crippen LogP contribution in [-0.4, -0.2) is 0 Å². The van der Waals surface area contributed by atoms with Crippen LogP contribution in [0.3, 0.4) is 0 Å². The Hall–Kier alpha value is -0.400. The maximum Gasteiger partial charge on any atom is 0.138 e. The SMILES string of the molecule is N#Cc1ccc(F)c(Br)c1Br. The molecule has 0 spiro atoms. The number of hydrogen-bond acceptors (Lipinski definition) is 1. The zero-order valence-corrected chi connectivity index (χ0v) is 8.41. The molecule has 4 heteroatoms. The molecular formula is C7H2Br2FN. The molecule has 0 saturated heterocycles. The first-order valence-electron chi connectivity index (χ1n) is 2.70. The molecule has 1 rings (SSSR count). The van der Waals surface area contributed by atoms with Gasteiger partial charge in [-0.3, -0.25) is 0 Å². The maximum absolute atomic E-state index is 12.7. The molecule has 0 fully saturated rings. The van der Waals surface area contributed by atoms with Crippen LogP contribution >= 0.6 is 31.9 Å². The minimum atomic E-state index is -0.379. The van der Waals surface area contributed by atoms with Crippen LogP contribution < -0.4 is 0 Å². The minimum Gasteiger partial charge on any atom is -0.206 e. The Morgan fingerprint density at radius 1 is 1.27 bits per heavy atom. The van der Waals surface area contributed by atoms with E-state index < -0.39 is 0 Å². The van der Waals surface area contributed by atoms with E-state index in [9.17, 15) is 4.39 Å². The van der Waals surface area contributed by atoms with Crippen LogP contribution in [0, 0.1) is 17.1 Å². The average Bonchev–Trinajstić information content (AvgIpc) is 2.01. The normalized spacial score (nSPS) is 9.27. The number of hydrogen-bond donors (Lipinski definition) is 0. The quantitative estimate of drug-likeness (QED) is 0.669. The molecule has 0 aliphatic rings. The third-order valence-electron chi connectivity index (χ3n) is 1.16. The molecule has 0 saturated carbocycles. The lowest BCUT2D eigenvalue weighted by atomic mass is 10.2. The van der Waals surface area contributed by atoms with Gasteiger partial charge in [-0.1, -0.05) is 0 Å². The Morgan fingerprint density at radius 3 is 2.45 bits per heavy atom. The number of rotatable bonds is 0. The van der Waals surface area contributed by atoms with E-state index in [0.717, 1.165) is 0 Å². The van der Waals surface area contributed by atoms with Crippen molar-refractivity contribution in [3.8, 4) is 6.07 Å². The van der Waals surface area contributed by atoms with Crippen LogP contribution in [0.5, 0.6) is 0 Å². The fourth-order valence-corrected chi connectivity index (χ4v) is 1.37. The second kappa shape index (κ2) is 3.33. The van der Waals surface area contributed by atoms with Gasteiger partial charge in [-0.15, -0.1) is 0 Å². The summed E-state index contributed by atoms with van der Waals surface area (Å²) in [6.45, 7) is 0. The molecule has 1 aromatic rings. The largest absolute Gasteiger partial charge is 0.206 e. The second-order valence-corrected chi connectivity index (χ2v) is 3.42. The van der Waals surface area contributed by atoms with E-state index in [1.54, 1.807) is 0 Å². The van der Waals surface area contributed by atoms with E-state index >= 15 is 0 Å². The van der Waals surface area contributed by atoms with Gasteiger partial charge < -0.3 is 0 Å². The van der Waals surface area contributed by atoms with Crippen molar-refractivity contribution >= 4 is 31.9 Å². The zero-order valence-electron chi connectivity index (χ0n) is 5.24. The van der Waals surface area contributed by atoms with Crippen LogP contribution in [0.15, 0.2) is 21.1 Å². The van der Waals surface area contributed by atoms with E-state index in [1.165, 1.54) is 12.1 Å². The van der Waals surface area contributed by atoms with Gasteiger partial charge in [0.25, 0.3) is 0 Å². The highest BCUT2D eigenvalue weighted by Crippen LogP contribution is 2.28. The van der Waals surface area contributed by atoms with Gasteiger partial charge in [0.2, 0.25) is 0 Å². The molecule has 1 aromatic carbocycles. The molecule has 0 heterocycles. The average molecular weight is 279 g/mol. The smallest absolute Gasteiger partial charge is 0.138 e. The van der Waals surface area contributed by atoms with E-state index in [1.807, 2.05) is 6.07 Å². The van der Waals surface area contributed by atoms with Crippen molar-refractivity contribution in [1.29, 1.82) is 5.26 Å². The molecule has 0 aliphatic carbocycles. The molecule has 0 aromatic heterocycles. The molecule has 0 radical (unpaired) electrons. The Kier molecular flexibility index (Phi) is 2.63. The number of benzene rings is 1. The van der Waals surface area contributed by atoms with Crippen molar-refractivity contribution in [2.24, 2.45) is 0 Å². The molecule has 0 aliphatic heterocycles. The van der Waals surface area contributed by atoms with E-state index in [4.69, 9.17) is 5.26 Å². The van der Waals surface area contributed by atoms with Crippen LogP contribution in [0.4, 0.5) is 4.39 Å². The molecule has 56 valence electrons. The monoisotopic (exact) mass is 277 g/mol. The van der Waals surface area contributed by atoms with Crippen LogP contribution in [0.25, 0.3) is 0 Å². The predicted octanol–water partition coefficient (Wildman–Crippen LogP) is 3.22. The summed E-state index contributed by atoms with van der Waals surface area (Å²) in [6.07, 6.45) is 0. The molecule has 0 atom stereocenters. The lowest BCUT2D eigenvalue weighted by molar-refractivity contribution is 0.620. The highest BCUT2D eigenvalue weighted by atomic mass is 79.9. The summed E-state index contributed by atoms with van der Waals surface area (Å²) in [7, 11) is 0. The van der Waals surface area contributed by atoms with Gasteiger partial charge in [0.15, 0.2) is 0 Å². The Morgan fingerprint density at radius 2 is 1.91 bits per heavy atom. The first-order chi connectivity index (χ1) is 5.16. The first kappa shape index (κ1) is 8.69. The van der Waals surface area contributed by atoms with Gasteiger partial charge in [0, 0.05) is 0 Å². The van der Waals surface area contributed by atoms with Gasteiger partial charge in [-0.05, 0) is 44.0 Å². The highest BCUT2D eigenvalue weighted by Gasteiger charge is 2.07. The summed E-state index contributed by atoms with van der Waals surface area (Å²) in [5.41, 5.74) is 0.415. The summed E-state index contributed by atoms with van der Waals surface area (Å²) in [6, 6.07) is 4.58. The number of halogens is 3. The van der Waals surface area contributed by atoms with Crippen molar-refractivity contribution in [2.75, 3.05) is 0 Å². The summed E-state index contributed by atoms with van der Waals surface area (Å²) in [5, 5.41) is 8.51. The molecule has 0 amide bonds. The van der Waals surface area contributed by atoms with Crippen molar-refractivity contribution in [1.82, 2.24) is 0 Å². The Balaban J connectivity index is 3.40. The summed E-state index contributed by atoms with van der Waals surface area (Å²) < 4.78 is 13.5. The number of nitriles is 1. The zero-order chi connectivity index (χ0) is 8.43. The molecule has 11 heavy (non-hydrogen) atoms. The predicted molar refractivity (Wildman–Crippen MR) is 46.5 cm³/mol. The van der Waals surface area contributed by atoms with Gasteiger partial charge in [-0.25, -0.2) is 4.39 Å². The van der Waals surface area contributed by atoms with Crippen LogP contribution in [0.2, 0.25) is 0 Å². The van der Waals surface area contributed by atoms with Crippen molar-refractivity contribution in [3.05, 3.63) is 32.5 Å². The maximum atomic E-state index is 12.7. The Bertz CT molecular complexity index is 330. The van der Waals surface area contributed by atoms with Gasteiger partial charge in [0.1, 0.15) is 11.9 Å². The first-order valence-corrected chi connectivity index (χ1v) is 4.29. The van der Waals surface area contributed by atoms with Crippen LogP contribution in [-0.2, 0) is 0 Å². The van der Waals surface area contributed by atoms with Crippen molar-refractivity contribution in [2.45, 2.75) is 0 Å². The number of nitrogens with zero attached hydrogens (tertiary/aromatic N) is 1. The third kappa shape index (κ3) is 1.60. The molecular weight excluding hydrogens is 277 g/mol. The minimum absolute atomic E-state index is 0.288. The summed E-state index contributed by atoms with van der Waals surface area (Å²) >= 11 is 6.08. The standard InChI is InChI=1S/C7H2Br2FN/c8-6-4(3-11)1-2-5(10)7(6)9/h1-2H. The van der Waals surface area contributed by atoms with Crippen LogP contribution in [0.1, 0.15) is 5.56 Å². The Labute approximate surface area is 80.1 Å². The third-order valence-corrected chi connectivity index (χ3v) is 3.29. The fraction of sp³-hybridized carbons (Fsp3) is 0. The highest BCUT2D eigenvalue weighted by molar-refractivity contribution is 9.13. The van der Waals surface area contributed by atoms with E-state index in [-0.39, 0.29) is 10.3 Å². The molecule has 1 nitrogen and oxygen atoms in total. The van der Waals surface area contributed by atoms with Gasteiger partial charge in [-0.2, -0.15) is 5.26 Å². The molecule has 0 N–H and O–H groups in total. The summed E-state index contributed by atoms with van der Waals surface area (Å²) in [4.78, 5) is 0. The fourth-order valence-electron chi connectivity index (χ4n) is 0.612. The molecule has 0 unspecified atom stereocenters. The van der Waals surface area contributed by atoms with Crippen molar-refractivity contribution in [3.63, 3.8) is 0 Å². The van der Waals surface area contributed by atoms with E-state index in [0.29, 0.717) is 10.0 Å². The molecule has 0 bridgehead atoms. The van der Waals surface area contributed by atoms with E-state index in [2.05, 4.69) is 31.9 Å². The topological polar surface area (TPSA) is 23.8 Å².